The van der Waals surface area contributed by atoms with Gasteiger partial charge in [0, 0.05) is 5.54 Å². The fraction of sp³-hybridized carbons (Fsp3) is 0.400. The van der Waals surface area contributed by atoms with E-state index in [1.54, 1.807) is 0 Å². The molecule has 0 radical (unpaired) electrons. The fourth-order valence-corrected chi connectivity index (χ4v) is 1.62. The molecule has 1 aromatic rings. The van der Waals surface area contributed by atoms with Crippen molar-refractivity contribution in [3.05, 3.63) is 35.9 Å². The van der Waals surface area contributed by atoms with Crippen LogP contribution in [0.1, 0.15) is 24.8 Å². The van der Waals surface area contributed by atoms with E-state index in [4.69, 9.17) is 5.73 Å². The second kappa shape index (κ2) is 3.46. The molecule has 0 amide bonds. The molecule has 0 aliphatic heterocycles. The predicted molar refractivity (Wildman–Crippen MR) is 53.4 cm³/mol. The minimum Gasteiger partial charge on any atom is -0.321 e. The first-order valence-electron chi connectivity index (χ1n) is 4.16. The van der Waals surface area contributed by atoms with Crippen LogP contribution in [0.2, 0.25) is 0 Å². The molecule has 2 rings (SSSR count). The van der Waals surface area contributed by atoms with Crippen molar-refractivity contribution in [1.82, 2.24) is 0 Å². The van der Waals surface area contributed by atoms with Crippen molar-refractivity contribution in [2.45, 2.75) is 24.8 Å². The van der Waals surface area contributed by atoms with Gasteiger partial charge in [0.2, 0.25) is 0 Å². The second-order valence-corrected chi connectivity index (χ2v) is 3.38. The van der Waals surface area contributed by atoms with Crippen molar-refractivity contribution in [2.24, 2.45) is 5.73 Å². The number of rotatable bonds is 1. The maximum Gasteiger partial charge on any atom is 0.0409 e. The molecule has 1 saturated carbocycles. The Morgan fingerprint density at radius 1 is 1.08 bits per heavy atom. The van der Waals surface area contributed by atoms with E-state index in [2.05, 4.69) is 24.3 Å². The molecule has 12 heavy (non-hydrogen) atoms. The molecule has 1 aliphatic carbocycles. The summed E-state index contributed by atoms with van der Waals surface area (Å²) in [6.07, 6.45) is 3.58. The SMILES string of the molecule is Cl.NC1(c2ccccc2)CCC1. The predicted octanol–water partition coefficient (Wildman–Crippen LogP) is 2.45. The number of halogens is 1. The largest absolute Gasteiger partial charge is 0.321 e. The highest BCUT2D eigenvalue weighted by Crippen LogP contribution is 2.38. The van der Waals surface area contributed by atoms with Crippen molar-refractivity contribution in [2.75, 3.05) is 0 Å². The van der Waals surface area contributed by atoms with Crippen LogP contribution in [-0.2, 0) is 5.54 Å². The Morgan fingerprint density at radius 2 is 1.67 bits per heavy atom. The van der Waals surface area contributed by atoms with Gasteiger partial charge in [-0.3, -0.25) is 0 Å². The van der Waals surface area contributed by atoms with Crippen molar-refractivity contribution < 1.29 is 0 Å². The lowest BCUT2D eigenvalue weighted by atomic mass is 9.73. The Morgan fingerprint density at radius 3 is 2.08 bits per heavy atom. The number of hydrogen-bond donors (Lipinski definition) is 1. The molecule has 1 fully saturated rings. The average molecular weight is 184 g/mol. The van der Waals surface area contributed by atoms with E-state index in [-0.39, 0.29) is 17.9 Å². The molecule has 0 atom stereocenters. The van der Waals surface area contributed by atoms with Crippen molar-refractivity contribution in [1.29, 1.82) is 0 Å². The zero-order valence-corrected chi connectivity index (χ0v) is 7.81. The summed E-state index contributed by atoms with van der Waals surface area (Å²) < 4.78 is 0. The summed E-state index contributed by atoms with van der Waals surface area (Å²) in [7, 11) is 0. The van der Waals surface area contributed by atoms with Crippen LogP contribution < -0.4 is 5.73 Å². The van der Waals surface area contributed by atoms with Gasteiger partial charge in [0.05, 0.1) is 0 Å². The third-order valence-electron chi connectivity index (χ3n) is 2.59. The first-order valence-corrected chi connectivity index (χ1v) is 4.16. The molecule has 0 saturated heterocycles. The van der Waals surface area contributed by atoms with E-state index in [1.807, 2.05) is 6.07 Å². The lowest BCUT2D eigenvalue weighted by molar-refractivity contribution is 0.253. The van der Waals surface area contributed by atoms with Gasteiger partial charge in [-0.2, -0.15) is 0 Å². The van der Waals surface area contributed by atoms with Crippen molar-refractivity contribution in [3.8, 4) is 0 Å². The third-order valence-corrected chi connectivity index (χ3v) is 2.59. The van der Waals surface area contributed by atoms with E-state index in [0.29, 0.717) is 0 Å². The fourth-order valence-electron chi connectivity index (χ4n) is 1.62. The molecular weight excluding hydrogens is 170 g/mol. The van der Waals surface area contributed by atoms with Gasteiger partial charge < -0.3 is 5.73 Å². The first kappa shape index (κ1) is 9.56. The molecule has 0 aromatic heterocycles. The van der Waals surface area contributed by atoms with E-state index in [9.17, 15) is 0 Å². The Hall–Kier alpha value is -0.530. The smallest absolute Gasteiger partial charge is 0.0409 e. The number of nitrogens with two attached hydrogens (primary N) is 1. The van der Waals surface area contributed by atoms with Gasteiger partial charge in [0.25, 0.3) is 0 Å². The molecule has 1 nitrogen and oxygen atoms in total. The van der Waals surface area contributed by atoms with E-state index in [0.717, 1.165) is 12.8 Å². The molecule has 0 spiro atoms. The van der Waals surface area contributed by atoms with Crippen molar-refractivity contribution >= 4 is 12.4 Å². The molecule has 1 aromatic carbocycles. The Labute approximate surface area is 79.4 Å². The number of hydrogen-bond acceptors (Lipinski definition) is 1. The van der Waals surface area contributed by atoms with Gasteiger partial charge in [-0.15, -0.1) is 12.4 Å². The highest BCUT2D eigenvalue weighted by atomic mass is 35.5. The Bertz CT molecular complexity index is 241. The number of benzene rings is 1. The van der Waals surface area contributed by atoms with Crippen LogP contribution in [0.25, 0.3) is 0 Å². The van der Waals surface area contributed by atoms with Gasteiger partial charge in [0.15, 0.2) is 0 Å². The van der Waals surface area contributed by atoms with E-state index < -0.39 is 0 Å². The highest BCUT2D eigenvalue weighted by Gasteiger charge is 2.33. The quantitative estimate of drug-likeness (QED) is 0.711. The molecule has 0 heterocycles. The topological polar surface area (TPSA) is 26.0 Å². The summed E-state index contributed by atoms with van der Waals surface area (Å²) >= 11 is 0. The van der Waals surface area contributed by atoms with Gasteiger partial charge >= 0.3 is 0 Å². The minimum atomic E-state index is 0. The zero-order valence-electron chi connectivity index (χ0n) is 6.99. The van der Waals surface area contributed by atoms with Crippen LogP contribution in [0, 0.1) is 0 Å². The van der Waals surface area contributed by atoms with Crippen LogP contribution >= 0.6 is 12.4 Å². The minimum absolute atomic E-state index is 0. The summed E-state index contributed by atoms with van der Waals surface area (Å²) in [5.74, 6) is 0. The van der Waals surface area contributed by atoms with Crippen LogP contribution in [0.3, 0.4) is 0 Å². The molecule has 0 bridgehead atoms. The molecular formula is C10H14ClN. The maximum atomic E-state index is 6.12. The third kappa shape index (κ3) is 1.47. The summed E-state index contributed by atoms with van der Waals surface area (Å²) in [5.41, 5.74) is 7.44. The molecule has 1 aliphatic rings. The molecule has 2 heteroatoms. The van der Waals surface area contributed by atoms with Gasteiger partial charge in [0.1, 0.15) is 0 Å². The summed E-state index contributed by atoms with van der Waals surface area (Å²) in [4.78, 5) is 0. The monoisotopic (exact) mass is 183 g/mol. The zero-order chi connectivity index (χ0) is 7.73. The maximum absolute atomic E-state index is 6.12. The molecule has 0 unspecified atom stereocenters. The Kier molecular flexibility index (Phi) is 2.76. The summed E-state index contributed by atoms with van der Waals surface area (Å²) in [5, 5.41) is 0. The summed E-state index contributed by atoms with van der Waals surface area (Å²) in [6, 6.07) is 10.4. The lowest BCUT2D eigenvalue weighted by Gasteiger charge is -2.38. The first-order chi connectivity index (χ1) is 5.31. The van der Waals surface area contributed by atoms with E-state index >= 15 is 0 Å². The Balaban J connectivity index is 0.000000720. The standard InChI is InChI=1S/C10H13N.ClH/c11-10(7-4-8-10)9-5-2-1-3-6-9;/h1-3,5-6H,4,7-8,11H2;1H. The normalized spacial score (nSPS) is 19.1. The summed E-state index contributed by atoms with van der Waals surface area (Å²) in [6.45, 7) is 0. The highest BCUT2D eigenvalue weighted by molar-refractivity contribution is 5.85. The van der Waals surface area contributed by atoms with Gasteiger partial charge in [-0.1, -0.05) is 30.3 Å². The van der Waals surface area contributed by atoms with Gasteiger partial charge in [-0.05, 0) is 24.8 Å². The lowest BCUT2D eigenvalue weighted by Crippen LogP contribution is -2.43. The van der Waals surface area contributed by atoms with Crippen LogP contribution in [0.15, 0.2) is 30.3 Å². The van der Waals surface area contributed by atoms with Crippen LogP contribution in [0.4, 0.5) is 0 Å². The molecule has 66 valence electrons. The van der Waals surface area contributed by atoms with Crippen molar-refractivity contribution in [3.63, 3.8) is 0 Å². The van der Waals surface area contributed by atoms with Crippen LogP contribution in [-0.4, -0.2) is 0 Å². The average Bonchev–Trinajstić information content (AvgIpc) is 2.02. The van der Waals surface area contributed by atoms with Gasteiger partial charge in [-0.25, -0.2) is 0 Å². The van der Waals surface area contributed by atoms with Crippen LogP contribution in [0.5, 0.6) is 0 Å². The second-order valence-electron chi connectivity index (χ2n) is 3.38. The van der Waals surface area contributed by atoms with E-state index in [1.165, 1.54) is 12.0 Å². The molecule has 2 N–H and O–H groups in total.